The minimum Gasteiger partial charge on any atom is -0.468 e. The van der Waals surface area contributed by atoms with Crippen LogP contribution in [0.1, 0.15) is 27.0 Å². The summed E-state index contributed by atoms with van der Waals surface area (Å²) >= 11 is 0. The van der Waals surface area contributed by atoms with Gasteiger partial charge < -0.3 is 9.64 Å². The first-order chi connectivity index (χ1) is 15.9. The third kappa shape index (κ3) is 7.35. The van der Waals surface area contributed by atoms with Crippen molar-refractivity contribution >= 4 is 24.3 Å². The number of hydrogen-bond donors (Lipinski definition) is 0. The van der Waals surface area contributed by atoms with E-state index in [0.717, 1.165) is 5.56 Å². The summed E-state index contributed by atoms with van der Waals surface area (Å²) in [5.74, 6) is -1.43. The van der Waals surface area contributed by atoms with Crippen LogP contribution in [-0.2, 0) is 28.3 Å². The molecule has 1 aliphatic rings. The van der Waals surface area contributed by atoms with Gasteiger partial charge in [0.25, 0.3) is 5.91 Å². The van der Waals surface area contributed by atoms with Gasteiger partial charge in [0.1, 0.15) is 0 Å². The number of esters is 1. The van der Waals surface area contributed by atoms with Gasteiger partial charge in [-0.3, -0.25) is 14.5 Å². The van der Waals surface area contributed by atoms with Gasteiger partial charge in [0, 0.05) is 31.2 Å². The van der Waals surface area contributed by atoms with Gasteiger partial charge in [-0.15, -0.1) is 12.4 Å². The first-order valence-corrected chi connectivity index (χ1v) is 10.3. The van der Waals surface area contributed by atoms with Gasteiger partial charge in [-0.05, 0) is 30.2 Å². The van der Waals surface area contributed by atoms with E-state index in [9.17, 15) is 35.9 Å². The largest absolute Gasteiger partial charge is 0.468 e. The lowest BCUT2D eigenvalue weighted by molar-refractivity contribution is -0.143. The summed E-state index contributed by atoms with van der Waals surface area (Å²) in [7, 11) is 1.23. The van der Waals surface area contributed by atoms with Crippen molar-refractivity contribution in [1.82, 2.24) is 9.80 Å². The lowest BCUT2D eigenvalue weighted by Gasteiger charge is -2.41. The molecule has 5 nitrogen and oxygen atoms in total. The van der Waals surface area contributed by atoms with Gasteiger partial charge in [0.05, 0.1) is 24.8 Å². The number of nitrogens with zero attached hydrogens (tertiary/aromatic N) is 2. The molecule has 0 spiro atoms. The standard InChI is InChI=1S/C23H22F6N2O3.ClH/c1-34-20(32)14-30-7-8-31(19(13-30)9-15-5-3-2-4-6-15)21(33)16-10-17(22(24,25)26)12-18(11-16)23(27,28)29;/h2-6,10-12,19H,7-9,13-14H2,1H3;1H/t19-;/m1./s1. The zero-order valence-electron chi connectivity index (χ0n) is 18.5. The number of halogens is 7. The number of alkyl halides is 6. The molecule has 12 heteroatoms. The molecule has 1 heterocycles. The smallest absolute Gasteiger partial charge is 0.416 e. The normalized spacial score (nSPS) is 17.0. The van der Waals surface area contributed by atoms with Crippen LogP contribution in [0, 0.1) is 0 Å². The Hall–Kier alpha value is -2.79. The fourth-order valence-electron chi connectivity index (χ4n) is 3.88. The molecule has 0 unspecified atom stereocenters. The average Bonchev–Trinajstić information content (AvgIpc) is 2.78. The Kier molecular flexibility index (Phi) is 9.18. The molecule has 0 aliphatic carbocycles. The van der Waals surface area contributed by atoms with E-state index in [1.54, 1.807) is 35.2 Å². The molecule has 1 atom stereocenters. The topological polar surface area (TPSA) is 49.9 Å². The maximum Gasteiger partial charge on any atom is 0.416 e. The highest BCUT2D eigenvalue weighted by Crippen LogP contribution is 2.36. The lowest BCUT2D eigenvalue weighted by atomic mass is 9.99. The first kappa shape index (κ1) is 28.4. The van der Waals surface area contributed by atoms with Gasteiger partial charge >= 0.3 is 18.3 Å². The second-order valence-corrected chi connectivity index (χ2v) is 7.95. The Morgan fingerprint density at radius 2 is 1.51 bits per heavy atom. The molecule has 2 aromatic carbocycles. The van der Waals surface area contributed by atoms with Crippen molar-refractivity contribution in [3.63, 3.8) is 0 Å². The van der Waals surface area contributed by atoms with Gasteiger partial charge in [-0.1, -0.05) is 30.3 Å². The second kappa shape index (κ2) is 11.3. The molecule has 0 bridgehead atoms. The van der Waals surface area contributed by atoms with Crippen molar-refractivity contribution in [3.05, 3.63) is 70.8 Å². The van der Waals surface area contributed by atoms with Crippen molar-refractivity contribution in [1.29, 1.82) is 0 Å². The monoisotopic (exact) mass is 524 g/mol. The average molecular weight is 525 g/mol. The Morgan fingerprint density at radius 3 is 2.03 bits per heavy atom. The van der Waals surface area contributed by atoms with Crippen molar-refractivity contribution in [3.8, 4) is 0 Å². The van der Waals surface area contributed by atoms with E-state index >= 15 is 0 Å². The van der Waals surface area contributed by atoms with E-state index in [4.69, 9.17) is 0 Å². The van der Waals surface area contributed by atoms with Crippen LogP contribution in [0.4, 0.5) is 26.3 Å². The van der Waals surface area contributed by atoms with Crippen LogP contribution in [0.15, 0.2) is 48.5 Å². The molecule has 0 N–H and O–H groups in total. The number of benzene rings is 2. The number of carbonyl (C=O) groups excluding carboxylic acids is 2. The highest BCUT2D eigenvalue weighted by molar-refractivity contribution is 5.95. The van der Waals surface area contributed by atoms with Crippen molar-refractivity contribution in [2.75, 3.05) is 33.3 Å². The molecule has 35 heavy (non-hydrogen) atoms. The predicted octanol–water partition coefficient (Wildman–Crippen LogP) is 4.69. The SMILES string of the molecule is COC(=O)CN1CCN(C(=O)c2cc(C(F)(F)F)cc(C(F)(F)F)c2)[C@H](Cc2ccccc2)C1.Cl. The highest BCUT2D eigenvalue weighted by Gasteiger charge is 2.39. The Labute approximate surface area is 204 Å². The fraction of sp³-hybridized carbons (Fsp3) is 0.391. The van der Waals surface area contributed by atoms with E-state index in [-0.39, 0.29) is 44.7 Å². The third-order valence-electron chi connectivity index (χ3n) is 5.56. The molecule has 1 fully saturated rings. The zero-order valence-corrected chi connectivity index (χ0v) is 19.3. The minimum atomic E-state index is -5.06. The number of amides is 1. The Bertz CT molecular complexity index is 998. The van der Waals surface area contributed by atoms with Gasteiger partial charge in [-0.2, -0.15) is 26.3 Å². The number of rotatable bonds is 5. The summed E-state index contributed by atoms with van der Waals surface area (Å²) in [5.41, 5.74) is -2.96. The Balaban J connectivity index is 0.00000432. The van der Waals surface area contributed by atoms with Gasteiger partial charge in [0.15, 0.2) is 0 Å². The number of carbonyl (C=O) groups is 2. The van der Waals surface area contributed by atoms with Crippen molar-refractivity contribution in [2.45, 2.75) is 24.8 Å². The van der Waals surface area contributed by atoms with Crippen LogP contribution in [0.25, 0.3) is 0 Å². The lowest BCUT2D eigenvalue weighted by Crippen LogP contribution is -2.56. The van der Waals surface area contributed by atoms with Crippen LogP contribution in [0.2, 0.25) is 0 Å². The number of piperazine rings is 1. The highest BCUT2D eigenvalue weighted by atomic mass is 35.5. The maximum absolute atomic E-state index is 13.3. The van der Waals surface area contributed by atoms with Crippen LogP contribution < -0.4 is 0 Å². The summed E-state index contributed by atoms with van der Waals surface area (Å²) in [4.78, 5) is 27.9. The fourth-order valence-corrected chi connectivity index (χ4v) is 3.88. The number of methoxy groups -OCH3 is 1. The Morgan fingerprint density at radius 1 is 0.943 bits per heavy atom. The molecule has 0 radical (unpaired) electrons. The molecule has 192 valence electrons. The van der Waals surface area contributed by atoms with Crippen LogP contribution in [-0.4, -0.2) is 61.0 Å². The molecular formula is C23H23ClF6N2O3. The van der Waals surface area contributed by atoms with E-state index < -0.39 is 47.0 Å². The quantitative estimate of drug-likeness (QED) is 0.421. The van der Waals surface area contributed by atoms with E-state index in [2.05, 4.69) is 4.74 Å². The molecule has 0 saturated carbocycles. The van der Waals surface area contributed by atoms with E-state index in [1.165, 1.54) is 12.0 Å². The molecule has 2 aromatic rings. The van der Waals surface area contributed by atoms with E-state index in [0.29, 0.717) is 18.6 Å². The summed E-state index contributed by atoms with van der Waals surface area (Å²) in [6.45, 7) is 0.370. The maximum atomic E-state index is 13.3. The number of hydrogen-bond acceptors (Lipinski definition) is 4. The van der Waals surface area contributed by atoms with Crippen molar-refractivity contribution < 1.29 is 40.7 Å². The zero-order chi connectivity index (χ0) is 25.1. The molecule has 0 aromatic heterocycles. The molecule has 1 saturated heterocycles. The number of ether oxygens (including phenoxy) is 1. The summed E-state index contributed by atoms with van der Waals surface area (Å²) in [6.07, 6.45) is -9.81. The van der Waals surface area contributed by atoms with E-state index in [1.807, 2.05) is 0 Å². The summed E-state index contributed by atoms with van der Waals surface area (Å²) in [5, 5.41) is 0. The second-order valence-electron chi connectivity index (χ2n) is 7.95. The van der Waals surface area contributed by atoms with Gasteiger partial charge in [-0.25, -0.2) is 0 Å². The molecular weight excluding hydrogens is 502 g/mol. The first-order valence-electron chi connectivity index (χ1n) is 10.3. The molecule has 1 aliphatic heterocycles. The van der Waals surface area contributed by atoms with Crippen LogP contribution in [0.3, 0.4) is 0 Å². The van der Waals surface area contributed by atoms with Crippen LogP contribution in [0.5, 0.6) is 0 Å². The third-order valence-corrected chi connectivity index (χ3v) is 5.56. The van der Waals surface area contributed by atoms with Crippen LogP contribution >= 0.6 is 12.4 Å². The summed E-state index contributed by atoms with van der Waals surface area (Å²) in [6, 6.07) is 9.23. The summed E-state index contributed by atoms with van der Waals surface area (Å²) < 4.78 is 84.3. The van der Waals surface area contributed by atoms with Gasteiger partial charge in [0.2, 0.25) is 0 Å². The predicted molar refractivity (Wildman–Crippen MR) is 117 cm³/mol. The van der Waals surface area contributed by atoms with Crippen molar-refractivity contribution in [2.24, 2.45) is 0 Å². The minimum absolute atomic E-state index is 0. The molecule has 1 amide bonds. The molecule has 3 rings (SSSR count).